The molecular weight excluding hydrogens is 254 g/mol. The molecule has 1 saturated heterocycles. The normalized spacial score (nSPS) is 22.4. The highest BCUT2D eigenvalue weighted by Crippen LogP contribution is 2.23. The second-order valence-electron chi connectivity index (χ2n) is 5.29. The topological polar surface area (TPSA) is 47.6 Å². The van der Waals surface area contributed by atoms with Crippen molar-refractivity contribution in [3.63, 3.8) is 0 Å². The Morgan fingerprint density at radius 1 is 1.50 bits per heavy atom. The van der Waals surface area contributed by atoms with E-state index >= 15 is 0 Å². The van der Waals surface area contributed by atoms with Gasteiger partial charge in [0.1, 0.15) is 0 Å². The maximum Gasteiger partial charge on any atom is 0.337 e. The summed E-state index contributed by atoms with van der Waals surface area (Å²) in [7, 11) is 1.40. The monoisotopic (exact) mass is 277 g/mol. The van der Waals surface area contributed by atoms with Crippen LogP contribution in [0.1, 0.15) is 42.1 Å². The summed E-state index contributed by atoms with van der Waals surface area (Å²) in [5, 5.41) is 3.55. The summed E-state index contributed by atoms with van der Waals surface area (Å²) in [4.78, 5) is 11.6. The molecule has 0 aromatic heterocycles. The van der Waals surface area contributed by atoms with E-state index in [1.807, 2.05) is 19.1 Å². The Morgan fingerprint density at radius 2 is 2.30 bits per heavy atom. The SMILES string of the molecule is CCC1CC(Nc2cc(C(=O)OC)ccc2C)CCO1. The van der Waals surface area contributed by atoms with E-state index in [4.69, 9.17) is 9.47 Å². The summed E-state index contributed by atoms with van der Waals surface area (Å²) in [6.07, 6.45) is 3.39. The molecule has 20 heavy (non-hydrogen) atoms. The molecule has 0 bridgehead atoms. The van der Waals surface area contributed by atoms with E-state index in [0.29, 0.717) is 17.7 Å². The van der Waals surface area contributed by atoms with Crippen LogP contribution in [0.15, 0.2) is 18.2 Å². The minimum atomic E-state index is -0.300. The number of anilines is 1. The quantitative estimate of drug-likeness (QED) is 0.859. The molecule has 2 unspecified atom stereocenters. The molecule has 1 fully saturated rings. The zero-order chi connectivity index (χ0) is 14.5. The molecule has 4 nitrogen and oxygen atoms in total. The summed E-state index contributed by atoms with van der Waals surface area (Å²) < 4.78 is 10.5. The fraction of sp³-hybridized carbons (Fsp3) is 0.562. The molecule has 2 rings (SSSR count). The van der Waals surface area contributed by atoms with Gasteiger partial charge in [0, 0.05) is 18.3 Å². The zero-order valence-electron chi connectivity index (χ0n) is 12.4. The van der Waals surface area contributed by atoms with Crippen molar-refractivity contribution < 1.29 is 14.3 Å². The number of carbonyl (C=O) groups is 1. The highest BCUT2D eigenvalue weighted by Gasteiger charge is 2.21. The summed E-state index contributed by atoms with van der Waals surface area (Å²) >= 11 is 0. The van der Waals surface area contributed by atoms with E-state index < -0.39 is 0 Å². The van der Waals surface area contributed by atoms with Gasteiger partial charge in [-0.25, -0.2) is 4.79 Å². The maximum atomic E-state index is 11.6. The van der Waals surface area contributed by atoms with Crippen molar-refractivity contribution in [1.29, 1.82) is 0 Å². The predicted octanol–water partition coefficient (Wildman–Crippen LogP) is 3.15. The van der Waals surface area contributed by atoms with Crippen LogP contribution < -0.4 is 5.32 Å². The first-order valence-electron chi connectivity index (χ1n) is 7.21. The van der Waals surface area contributed by atoms with Crippen LogP contribution in [0.2, 0.25) is 0 Å². The van der Waals surface area contributed by atoms with Gasteiger partial charge in [0.05, 0.1) is 18.8 Å². The minimum absolute atomic E-state index is 0.300. The largest absolute Gasteiger partial charge is 0.465 e. The molecule has 1 aliphatic heterocycles. The van der Waals surface area contributed by atoms with Crippen molar-refractivity contribution in [2.24, 2.45) is 0 Å². The van der Waals surface area contributed by atoms with Crippen molar-refractivity contribution in [2.75, 3.05) is 19.0 Å². The Kier molecular flexibility index (Phi) is 5.01. The van der Waals surface area contributed by atoms with Gasteiger partial charge in [-0.2, -0.15) is 0 Å². The van der Waals surface area contributed by atoms with E-state index in [2.05, 4.69) is 12.2 Å². The second kappa shape index (κ2) is 6.75. The standard InChI is InChI=1S/C16H23NO3/c1-4-14-10-13(7-8-20-14)17-15-9-12(16(18)19-3)6-5-11(15)2/h5-6,9,13-14,17H,4,7-8,10H2,1-3H3. The highest BCUT2D eigenvalue weighted by molar-refractivity contribution is 5.90. The molecular formula is C16H23NO3. The van der Waals surface area contributed by atoms with Crippen LogP contribution in [0.4, 0.5) is 5.69 Å². The first-order chi connectivity index (χ1) is 9.63. The molecule has 0 spiro atoms. The van der Waals surface area contributed by atoms with E-state index in [1.54, 1.807) is 6.07 Å². The molecule has 110 valence electrons. The van der Waals surface area contributed by atoms with Crippen LogP contribution >= 0.6 is 0 Å². The maximum absolute atomic E-state index is 11.6. The zero-order valence-corrected chi connectivity index (χ0v) is 12.4. The molecule has 4 heteroatoms. The van der Waals surface area contributed by atoms with Crippen molar-refractivity contribution in [1.82, 2.24) is 0 Å². The number of esters is 1. The fourth-order valence-electron chi connectivity index (χ4n) is 2.54. The number of rotatable bonds is 4. The number of hydrogen-bond donors (Lipinski definition) is 1. The van der Waals surface area contributed by atoms with Gasteiger partial charge in [-0.1, -0.05) is 13.0 Å². The lowest BCUT2D eigenvalue weighted by atomic mass is 10.0. The van der Waals surface area contributed by atoms with Crippen molar-refractivity contribution in [3.8, 4) is 0 Å². The van der Waals surface area contributed by atoms with Gasteiger partial charge < -0.3 is 14.8 Å². The lowest BCUT2D eigenvalue weighted by molar-refractivity contribution is 0.00924. The number of benzene rings is 1. The average Bonchev–Trinajstić information content (AvgIpc) is 2.49. The first kappa shape index (κ1) is 14.9. The number of nitrogens with one attached hydrogen (secondary N) is 1. The van der Waals surface area contributed by atoms with Crippen LogP contribution in [0.5, 0.6) is 0 Å². The van der Waals surface area contributed by atoms with Crippen molar-refractivity contribution in [2.45, 2.75) is 45.3 Å². The van der Waals surface area contributed by atoms with Crippen LogP contribution in [-0.4, -0.2) is 31.8 Å². The Labute approximate surface area is 120 Å². The Hall–Kier alpha value is -1.55. The number of carbonyl (C=O) groups excluding carboxylic acids is 1. The first-order valence-corrected chi connectivity index (χ1v) is 7.21. The molecule has 1 aromatic rings. The molecule has 2 atom stereocenters. The van der Waals surface area contributed by atoms with Gasteiger partial charge in [-0.05, 0) is 43.9 Å². The van der Waals surface area contributed by atoms with E-state index in [1.165, 1.54) is 7.11 Å². The van der Waals surface area contributed by atoms with E-state index in [9.17, 15) is 4.79 Å². The Bertz CT molecular complexity index is 473. The number of methoxy groups -OCH3 is 1. The third kappa shape index (κ3) is 3.51. The van der Waals surface area contributed by atoms with Crippen LogP contribution in [0, 0.1) is 6.92 Å². The molecule has 1 aromatic carbocycles. The Balaban J connectivity index is 2.10. The fourth-order valence-corrected chi connectivity index (χ4v) is 2.54. The minimum Gasteiger partial charge on any atom is -0.465 e. The lowest BCUT2D eigenvalue weighted by Crippen LogP contribution is -2.33. The molecule has 1 aliphatic rings. The van der Waals surface area contributed by atoms with Crippen LogP contribution in [0.25, 0.3) is 0 Å². The summed E-state index contributed by atoms with van der Waals surface area (Å²) in [5.74, 6) is -0.300. The predicted molar refractivity (Wildman–Crippen MR) is 79.2 cm³/mol. The number of aryl methyl sites for hydroxylation is 1. The van der Waals surface area contributed by atoms with Crippen molar-refractivity contribution >= 4 is 11.7 Å². The van der Waals surface area contributed by atoms with E-state index in [0.717, 1.165) is 37.1 Å². The average molecular weight is 277 g/mol. The molecule has 1 N–H and O–H groups in total. The molecule has 1 heterocycles. The molecule has 0 radical (unpaired) electrons. The molecule has 0 saturated carbocycles. The smallest absolute Gasteiger partial charge is 0.337 e. The van der Waals surface area contributed by atoms with Gasteiger partial charge in [-0.3, -0.25) is 0 Å². The molecule has 0 amide bonds. The van der Waals surface area contributed by atoms with Crippen molar-refractivity contribution in [3.05, 3.63) is 29.3 Å². The van der Waals surface area contributed by atoms with Crippen LogP contribution in [-0.2, 0) is 9.47 Å². The number of hydrogen-bond acceptors (Lipinski definition) is 4. The summed E-state index contributed by atoms with van der Waals surface area (Å²) in [6.45, 7) is 4.99. The third-order valence-electron chi connectivity index (χ3n) is 3.84. The molecule has 0 aliphatic carbocycles. The van der Waals surface area contributed by atoms with Gasteiger partial charge >= 0.3 is 5.97 Å². The summed E-state index contributed by atoms with van der Waals surface area (Å²) in [5.41, 5.74) is 2.73. The number of ether oxygens (including phenoxy) is 2. The van der Waals surface area contributed by atoms with E-state index in [-0.39, 0.29) is 5.97 Å². The third-order valence-corrected chi connectivity index (χ3v) is 3.84. The van der Waals surface area contributed by atoms with Gasteiger partial charge in [0.15, 0.2) is 0 Å². The Morgan fingerprint density at radius 3 is 3.00 bits per heavy atom. The van der Waals surface area contributed by atoms with Gasteiger partial charge in [0.2, 0.25) is 0 Å². The summed E-state index contributed by atoms with van der Waals surface area (Å²) in [6, 6.07) is 6.02. The van der Waals surface area contributed by atoms with Gasteiger partial charge in [-0.15, -0.1) is 0 Å². The highest BCUT2D eigenvalue weighted by atomic mass is 16.5. The lowest BCUT2D eigenvalue weighted by Gasteiger charge is -2.30. The second-order valence-corrected chi connectivity index (χ2v) is 5.29. The van der Waals surface area contributed by atoms with Gasteiger partial charge in [0.25, 0.3) is 0 Å². The van der Waals surface area contributed by atoms with Crippen LogP contribution in [0.3, 0.4) is 0 Å².